The second-order valence-corrected chi connectivity index (χ2v) is 4.36. The monoisotopic (exact) mass is 244 g/mol. The molecule has 94 valence electrons. The Hall–Kier alpha value is -1.94. The number of fused-ring (bicyclic) bond motifs is 1. The van der Waals surface area contributed by atoms with Crippen molar-refractivity contribution < 1.29 is 9.47 Å². The van der Waals surface area contributed by atoms with Gasteiger partial charge in [-0.15, -0.1) is 0 Å². The molecule has 1 aliphatic rings. The number of hydrogen-bond donors (Lipinski definition) is 1. The van der Waals surface area contributed by atoms with Crippen LogP contribution in [0.4, 0.5) is 0 Å². The molecule has 0 amide bonds. The van der Waals surface area contributed by atoms with E-state index < -0.39 is 0 Å². The van der Waals surface area contributed by atoms with E-state index in [2.05, 4.69) is 22.0 Å². The van der Waals surface area contributed by atoms with Gasteiger partial charge in [-0.2, -0.15) is 0 Å². The predicted molar refractivity (Wildman–Crippen MR) is 68.5 cm³/mol. The molecule has 18 heavy (non-hydrogen) atoms. The van der Waals surface area contributed by atoms with Crippen molar-refractivity contribution in [2.45, 2.75) is 13.1 Å². The molecule has 0 radical (unpaired) electrons. The second-order valence-electron chi connectivity index (χ2n) is 4.36. The van der Waals surface area contributed by atoms with Crippen molar-refractivity contribution >= 4 is 0 Å². The van der Waals surface area contributed by atoms with Gasteiger partial charge < -0.3 is 19.4 Å². The Morgan fingerprint density at radius 3 is 2.94 bits per heavy atom. The highest BCUT2D eigenvalue weighted by Crippen LogP contribution is 2.35. The van der Waals surface area contributed by atoms with Crippen molar-refractivity contribution in [3.63, 3.8) is 0 Å². The zero-order chi connectivity index (χ0) is 12.4. The molecule has 3 rings (SSSR count). The maximum Gasteiger partial charge on any atom is 0.231 e. The molecule has 0 unspecified atom stereocenters. The van der Waals surface area contributed by atoms with Crippen LogP contribution < -0.4 is 14.8 Å². The number of benzene rings is 1. The van der Waals surface area contributed by atoms with E-state index in [1.54, 1.807) is 0 Å². The largest absolute Gasteiger partial charge is 0.454 e. The Bertz CT molecular complexity index is 548. The molecule has 0 bridgehead atoms. The third kappa shape index (κ3) is 2.07. The van der Waals surface area contributed by atoms with Gasteiger partial charge >= 0.3 is 0 Å². The molecule has 0 saturated heterocycles. The average molecular weight is 244 g/mol. The maximum atomic E-state index is 5.47. The van der Waals surface area contributed by atoms with Crippen LogP contribution >= 0.6 is 0 Å². The lowest BCUT2D eigenvalue weighted by atomic mass is 10.2. The quantitative estimate of drug-likeness (QED) is 0.894. The SMILES string of the molecule is Cn1cccc1CNCc1cccc2c1OCO2. The molecule has 1 N–H and O–H groups in total. The molecule has 4 heteroatoms. The molecule has 2 aromatic rings. The fraction of sp³-hybridized carbons (Fsp3) is 0.286. The second kappa shape index (κ2) is 4.74. The molecule has 1 aliphatic heterocycles. The van der Waals surface area contributed by atoms with E-state index in [1.165, 1.54) is 5.69 Å². The molecule has 0 spiro atoms. The summed E-state index contributed by atoms with van der Waals surface area (Å²) in [4.78, 5) is 0. The van der Waals surface area contributed by atoms with Gasteiger partial charge in [0.25, 0.3) is 0 Å². The first-order valence-corrected chi connectivity index (χ1v) is 6.03. The van der Waals surface area contributed by atoms with Crippen molar-refractivity contribution in [1.82, 2.24) is 9.88 Å². The molecule has 0 fully saturated rings. The predicted octanol–water partition coefficient (Wildman–Crippen LogP) is 2.04. The molecule has 0 saturated carbocycles. The lowest BCUT2D eigenvalue weighted by Crippen LogP contribution is -2.15. The van der Waals surface area contributed by atoms with Crippen LogP contribution in [0.1, 0.15) is 11.3 Å². The van der Waals surface area contributed by atoms with E-state index in [1.807, 2.05) is 31.4 Å². The highest BCUT2D eigenvalue weighted by atomic mass is 16.7. The fourth-order valence-electron chi connectivity index (χ4n) is 2.14. The minimum absolute atomic E-state index is 0.324. The van der Waals surface area contributed by atoms with E-state index in [0.29, 0.717) is 6.79 Å². The van der Waals surface area contributed by atoms with E-state index in [9.17, 15) is 0 Å². The number of ether oxygens (including phenoxy) is 2. The first-order valence-electron chi connectivity index (χ1n) is 6.03. The Morgan fingerprint density at radius 1 is 1.17 bits per heavy atom. The number of aryl methyl sites for hydroxylation is 1. The van der Waals surface area contributed by atoms with Crippen molar-refractivity contribution in [3.05, 3.63) is 47.8 Å². The first-order chi connectivity index (χ1) is 8.84. The van der Waals surface area contributed by atoms with Crippen LogP contribution in [0.2, 0.25) is 0 Å². The third-order valence-corrected chi connectivity index (χ3v) is 3.15. The number of para-hydroxylation sites is 1. The van der Waals surface area contributed by atoms with Crippen LogP contribution in [0.5, 0.6) is 11.5 Å². The molecule has 0 atom stereocenters. The molecule has 1 aromatic carbocycles. The molecule has 0 aliphatic carbocycles. The van der Waals surface area contributed by atoms with Gasteiger partial charge in [0.1, 0.15) is 0 Å². The zero-order valence-electron chi connectivity index (χ0n) is 10.3. The summed E-state index contributed by atoms with van der Waals surface area (Å²) < 4.78 is 12.9. The first kappa shape index (κ1) is 11.2. The summed E-state index contributed by atoms with van der Waals surface area (Å²) >= 11 is 0. The van der Waals surface area contributed by atoms with Gasteiger partial charge in [0.15, 0.2) is 11.5 Å². The van der Waals surface area contributed by atoms with Gasteiger partial charge in [-0.25, -0.2) is 0 Å². The smallest absolute Gasteiger partial charge is 0.231 e. The van der Waals surface area contributed by atoms with Gasteiger partial charge in [-0.05, 0) is 18.2 Å². The number of nitrogens with one attached hydrogen (secondary N) is 1. The lowest BCUT2D eigenvalue weighted by Gasteiger charge is -2.08. The van der Waals surface area contributed by atoms with Crippen LogP contribution in [-0.2, 0) is 20.1 Å². The van der Waals surface area contributed by atoms with Crippen LogP contribution in [0.15, 0.2) is 36.5 Å². The van der Waals surface area contributed by atoms with Crippen LogP contribution in [0.3, 0.4) is 0 Å². The summed E-state index contributed by atoms with van der Waals surface area (Å²) in [5, 5.41) is 3.42. The molecular formula is C14H16N2O2. The summed E-state index contributed by atoms with van der Waals surface area (Å²) in [7, 11) is 2.05. The summed E-state index contributed by atoms with van der Waals surface area (Å²) in [6.07, 6.45) is 2.05. The maximum absolute atomic E-state index is 5.47. The van der Waals surface area contributed by atoms with Crippen molar-refractivity contribution in [2.75, 3.05) is 6.79 Å². The zero-order valence-corrected chi connectivity index (χ0v) is 10.3. The van der Waals surface area contributed by atoms with Gasteiger partial charge in [0.05, 0.1) is 0 Å². The lowest BCUT2D eigenvalue weighted by molar-refractivity contribution is 0.173. The van der Waals surface area contributed by atoms with E-state index >= 15 is 0 Å². The van der Waals surface area contributed by atoms with E-state index in [4.69, 9.17) is 9.47 Å². The number of rotatable bonds is 4. The van der Waals surface area contributed by atoms with Gasteiger partial charge in [0.2, 0.25) is 6.79 Å². The topological polar surface area (TPSA) is 35.4 Å². The van der Waals surface area contributed by atoms with Crippen molar-refractivity contribution in [2.24, 2.45) is 7.05 Å². The van der Waals surface area contributed by atoms with Crippen molar-refractivity contribution in [1.29, 1.82) is 0 Å². The standard InChI is InChI=1S/C14H16N2O2/c1-16-7-3-5-12(16)9-15-8-11-4-2-6-13-14(11)18-10-17-13/h2-7,15H,8-10H2,1H3. The molecule has 2 heterocycles. The summed E-state index contributed by atoms with van der Waals surface area (Å²) in [6.45, 7) is 1.94. The minimum Gasteiger partial charge on any atom is -0.454 e. The van der Waals surface area contributed by atoms with E-state index in [-0.39, 0.29) is 0 Å². The average Bonchev–Trinajstić information content (AvgIpc) is 2.99. The highest BCUT2D eigenvalue weighted by Gasteiger charge is 2.16. The Morgan fingerprint density at radius 2 is 2.11 bits per heavy atom. The Kier molecular flexibility index (Phi) is 2.94. The van der Waals surface area contributed by atoms with Crippen molar-refractivity contribution in [3.8, 4) is 11.5 Å². The third-order valence-electron chi connectivity index (χ3n) is 3.15. The summed E-state index contributed by atoms with van der Waals surface area (Å²) in [5.41, 5.74) is 2.40. The number of nitrogens with zero attached hydrogens (tertiary/aromatic N) is 1. The Balaban J connectivity index is 1.64. The molecular weight excluding hydrogens is 228 g/mol. The summed E-state index contributed by atoms with van der Waals surface area (Å²) in [5.74, 6) is 1.71. The summed E-state index contributed by atoms with van der Waals surface area (Å²) in [6, 6.07) is 10.2. The number of aromatic nitrogens is 1. The van der Waals surface area contributed by atoms with Gasteiger partial charge in [-0.1, -0.05) is 12.1 Å². The fourth-order valence-corrected chi connectivity index (χ4v) is 2.14. The number of hydrogen-bond acceptors (Lipinski definition) is 3. The van der Waals surface area contributed by atoms with Gasteiger partial charge in [-0.3, -0.25) is 0 Å². The molecule has 4 nitrogen and oxygen atoms in total. The minimum atomic E-state index is 0.324. The van der Waals surface area contributed by atoms with Crippen LogP contribution in [0, 0.1) is 0 Å². The van der Waals surface area contributed by atoms with Crippen LogP contribution in [0.25, 0.3) is 0 Å². The Labute approximate surface area is 106 Å². The van der Waals surface area contributed by atoms with Gasteiger partial charge in [0, 0.05) is 37.6 Å². The van der Waals surface area contributed by atoms with E-state index in [0.717, 1.165) is 30.2 Å². The molecule has 1 aromatic heterocycles. The highest BCUT2D eigenvalue weighted by molar-refractivity contribution is 5.48. The van der Waals surface area contributed by atoms with Crippen LogP contribution in [-0.4, -0.2) is 11.4 Å². The normalized spacial score (nSPS) is 12.9.